The molecule has 7 nitrogen and oxygen atoms in total. The Morgan fingerprint density at radius 3 is 2.78 bits per heavy atom. The number of ether oxygens (including phenoxy) is 1. The first kappa shape index (κ1) is 12.4. The molecule has 1 amide bonds. The molecular formula is C11H14N2O5. The average Bonchev–Trinajstić information content (AvgIpc) is 2.33. The summed E-state index contributed by atoms with van der Waals surface area (Å²) < 4.78 is 4.88. The van der Waals surface area contributed by atoms with Gasteiger partial charge in [0.2, 0.25) is 0 Å². The molecule has 0 aliphatic carbocycles. The lowest BCUT2D eigenvalue weighted by atomic mass is 10.0. The molecule has 18 heavy (non-hydrogen) atoms. The highest BCUT2D eigenvalue weighted by molar-refractivity contribution is 5.66. The van der Waals surface area contributed by atoms with Crippen molar-refractivity contribution in [3.63, 3.8) is 0 Å². The molecule has 1 saturated heterocycles. The van der Waals surface area contributed by atoms with Gasteiger partial charge in [-0.05, 0) is 12.8 Å². The second kappa shape index (κ2) is 4.67. The van der Waals surface area contributed by atoms with Crippen LogP contribution in [0.25, 0.3) is 0 Å². The van der Waals surface area contributed by atoms with Crippen LogP contribution < -0.4 is 25.8 Å². The molecule has 1 aliphatic rings. The number of carboxylic acid groups (broad SMARTS) is 1. The van der Waals surface area contributed by atoms with Crippen LogP contribution in [0.1, 0.15) is 12.8 Å². The fourth-order valence-electron chi connectivity index (χ4n) is 2.31. The molecule has 2 rings (SSSR count). The third kappa shape index (κ3) is 2.03. The van der Waals surface area contributed by atoms with Crippen molar-refractivity contribution in [3.8, 4) is 5.75 Å². The maximum Gasteiger partial charge on any atom is 0.404 e. The van der Waals surface area contributed by atoms with Crippen LogP contribution in [-0.2, 0) is 0 Å². The highest BCUT2D eigenvalue weighted by atomic mass is 16.5. The number of hydrogen-bond acceptors (Lipinski definition) is 5. The SMILES string of the molecule is COc1c(N2CCCC(NC(=O)O)C2)c(=O)c1=O. The first-order chi connectivity index (χ1) is 8.54. The van der Waals surface area contributed by atoms with E-state index in [0.29, 0.717) is 13.1 Å². The van der Waals surface area contributed by atoms with Crippen LogP contribution in [0.4, 0.5) is 10.5 Å². The van der Waals surface area contributed by atoms with Gasteiger partial charge >= 0.3 is 6.09 Å². The van der Waals surface area contributed by atoms with Crippen LogP contribution in [0.3, 0.4) is 0 Å². The molecule has 1 aromatic carbocycles. The van der Waals surface area contributed by atoms with Crippen LogP contribution in [0, 0.1) is 0 Å². The van der Waals surface area contributed by atoms with Gasteiger partial charge in [0.05, 0.1) is 7.11 Å². The van der Waals surface area contributed by atoms with Gasteiger partial charge in [0.15, 0.2) is 5.75 Å². The topological polar surface area (TPSA) is 95.9 Å². The molecule has 1 atom stereocenters. The largest absolute Gasteiger partial charge is 0.491 e. The lowest BCUT2D eigenvalue weighted by Crippen LogP contribution is -2.51. The van der Waals surface area contributed by atoms with Gasteiger partial charge in [0, 0.05) is 19.1 Å². The van der Waals surface area contributed by atoms with Crippen molar-refractivity contribution < 1.29 is 14.6 Å². The zero-order chi connectivity index (χ0) is 13.3. The normalized spacial score (nSPS) is 19.8. The predicted molar refractivity (Wildman–Crippen MR) is 64.3 cm³/mol. The summed E-state index contributed by atoms with van der Waals surface area (Å²) in [7, 11) is 1.34. The van der Waals surface area contributed by atoms with E-state index < -0.39 is 17.0 Å². The van der Waals surface area contributed by atoms with E-state index >= 15 is 0 Å². The highest BCUT2D eigenvalue weighted by Gasteiger charge is 2.30. The number of amides is 1. The number of hydrogen-bond donors (Lipinski definition) is 2. The van der Waals surface area contributed by atoms with Gasteiger partial charge in [-0.3, -0.25) is 9.59 Å². The second-order valence-electron chi connectivity index (χ2n) is 4.27. The van der Waals surface area contributed by atoms with Crippen LogP contribution in [0.2, 0.25) is 0 Å². The van der Waals surface area contributed by atoms with Crippen molar-refractivity contribution in [3.05, 3.63) is 20.4 Å². The number of rotatable bonds is 3. The number of carbonyl (C=O) groups is 1. The Labute approximate surface area is 103 Å². The molecule has 1 unspecified atom stereocenters. The molecule has 1 heterocycles. The Balaban J connectivity index is 2.14. The number of methoxy groups -OCH3 is 1. The molecule has 1 fully saturated rings. The number of piperidine rings is 1. The highest BCUT2D eigenvalue weighted by Crippen LogP contribution is 2.25. The van der Waals surface area contributed by atoms with E-state index in [1.165, 1.54) is 7.11 Å². The molecule has 0 radical (unpaired) electrons. The van der Waals surface area contributed by atoms with E-state index in [4.69, 9.17) is 9.84 Å². The standard InChI is InChI=1S/C11H14N2O5/c1-18-10-7(8(14)9(10)15)13-4-2-3-6(5-13)12-11(16)17/h6,12H,2-5H2,1H3,(H,16,17). The van der Waals surface area contributed by atoms with Crippen molar-refractivity contribution in [1.29, 1.82) is 0 Å². The maximum atomic E-state index is 11.5. The van der Waals surface area contributed by atoms with Crippen LogP contribution in [-0.4, -0.2) is 37.4 Å². The Morgan fingerprint density at radius 2 is 2.17 bits per heavy atom. The minimum atomic E-state index is -1.08. The summed E-state index contributed by atoms with van der Waals surface area (Å²) in [4.78, 5) is 35.0. The molecule has 1 aromatic rings. The van der Waals surface area contributed by atoms with Crippen molar-refractivity contribution in [2.24, 2.45) is 0 Å². The lowest BCUT2D eigenvalue weighted by molar-refractivity contribution is 0.188. The molecule has 0 spiro atoms. The molecule has 1 aliphatic heterocycles. The Bertz CT molecular complexity index is 532. The first-order valence-electron chi connectivity index (χ1n) is 5.66. The van der Waals surface area contributed by atoms with Gasteiger partial charge in [0.1, 0.15) is 5.69 Å². The van der Waals surface area contributed by atoms with E-state index in [1.54, 1.807) is 4.90 Å². The van der Waals surface area contributed by atoms with E-state index in [-0.39, 0.29) is 17.5 Å². The van der Waals surface area contributed by atoms with Gasteiger partial charge in [-0.15, -0.1) is 0 Å². The third-order valence-corrected chi connectivity index (χ3v) is 3.11. The van der Waals surface area contributed by atoms with Gasteiger partial charge in [-0.2, -0.15) is 0 Å². The minimum absolute atomic E-state index is 0.0796. The van der Waals surface area contributed by atoms with Crippen molar-refractivity contribution in [1.82, 2.24) is 5.32 Å². The molecule has 0 saturated carbocycles. The fourth-order valence-corrected chi connectivity index (χ4v) is 2.31. The minimum Gasteiger partial charge on any atom is -0.491 e. The summed E-state index contributed by atoms with van der Waals surface area (Å²) in [6.45, 7) is 1.01. The lowest BCUT2D eigenvalue weighted by Gasteiger charge is -2.34. The molecule has 0 bridgehead atoms. The Morgan fingerprint density at radius 1 is 1.44 bits per heavy atom. The average molecular weight is 254 g/mol. The predicted octanol–water partition coefficient (Wildman–Crippen LogP) is -0.472. The van der Waals surface area contributed by atoms with E-state index in [0.717, 1.165) is 12.8 Å². The van der Waals surface area contributed by atoms with Gasteiger partial charge in [0.25, 0.3) is 10.9 Å². The molecular weight excluding hydrogens is 240 g/mol. The van der Waals surface area contributed by atoms with Crippen LogP contribution in [0.5, 0.6) is 5.75 Å². The van der Waals surface area contributed by atoms with Gasteiger partial charge in [-0.1, -0.05) is 0 Å². The first-order valence-corrected chi connectivity index (χ1v) is 5.66. The quantitative estimate of drug-likeness (QED) is 0.708. The third-order valence-electron chi connectivity index (χ3n) is 3.11. The van der Waals surface area contributed by atoms with E-state index in [9.17, 15) is 14.4 Å². The summed E-state index contributed by atoms with van der Waals surface area (Å²) in [5.41, 5.74) is -0.886. The van der Waals surface area contributed by atoms with E-state index in [1.807, 2.05) is 0 Å². The fraction of sp³-hybridized carbons (Fsp3) is 0.545. The summed E-state index contributed by atoms with van der Waals surface area (Å²) >= 11 is 0. The molecule has 0 aromatic heterocycles. The van der Waals surface area contributed by atoms with Crippen molar-refractivity contribution in [2.45, 2.75) is 18.9 Å². The molecule has 2 N–H and O–H groups in total. The Hall–Kier alpha value is -2.05. The second-order valence-corrected chi connectivity index (χ2v) is 4.27. The summed E-state index contributed by atoms with van der Waals surface area (Å²) in [5, 5.41) is 11.1. The Kier molecular flexibility index (Phi) is 3.22. The van der Waals surface area contributed by atoms with Crippen LogP contribution in [0.15, 0.2) is 9.59 Å². The molecule has 98 valence electrons. The smallest absolute Gasteiger partial charge is 0.404 e. The number of nitrogens with one attached hydrogen (secondary N) is 1. The van der Waals surface area contributed by atoms with Gasteiger partial charge in [-0.25, -0.2) is 4.79 Å². The zero-order valence-electron chi connectivity index (χ0n) is 9.93. The number of anilines is 1. The van der Waals surface area contributed by atoms with Crippen molar-refractivity contribution in [2.75, 3.05) is 25.1 Å². The summed E-state index contributed by atoms with van der Waals surface area (Å²) in [6.07, 6.45) is 0.395. The maximum absolute atomic E-state index is 11.5. The number of nitrogens with zero attached hydrogens (tertiary/aromatic N) is 1. The zero-order valence-corrected chi connectivity index (χ0v) is 9.93. The summed E-state index contributed by atoms with van der Waals surface area (Å²) in [5.74, 6) is 0.0796. The van der Waals surface area contributed by atoms with Crippen molar-refractivity contribution >= 4 is 11.8 Å². The summed E-state index contributed by atoms with van der Waals surface area (Å²) in [6, 6.07) is -0.231. The molecule has 7 heteroatoms. The monoisotopic (exact) mass is 254 g/mol. The van der Waals surface area contributed by atoms with Crippen LogP contribution >= 0.6 is 0 Å². The van der Waals surface area contributed by atoms with E-state index in [2.05, 4.69) is 5.32 Å². The van der Waals surface area contributed by atoms with Gasteiger partial charge < -0.3 is 20.1 Å².